The van der Waals surface area contributed by atoms with E-state index in [0.29, 0.717) is 18.8 Å². The van der Waals surface area contributed by atoms with E-state index >= 15 is 0 Å². The minimum atomic E-state index is -3.01. The van der Waals surface area contributed by atoms with Gasteiger partial charge in [-0.2, -0.15) is 0 Å². The van der Waals surface area contributed by atoms with Gasteiger partial charge in [0.15, 0.2) is 15.7 Å². The van der Waals surface area contributed by atoms with Crippen LogP contribution in [0.1, 0.15) is 24.0 Å². The topological polar surface area (TPSA) is 69.0 Å². The van der Waals surface area contributed by atoms with Crippen LogP contribution in [0.3, 0.4) is 0 Å². The Morgan fingerprint density at radius 3 is 2.94 bits per heavy atom. The summed E-state index contributed by atoms with van der Waals surface area (Å²) in [5, 5.41) is 0. The van der Waals surface area contributed by atoms with Gasteiger partial charge in [0.1, 0.15) is 0 Å². The van der Waals surface area contributed by atoms with Crippen LogP contribution in [0.5, 0.6) is 0 Å². The lowest BCUT2D eigenvalue weighted by atomic mass is 10.0. The molecule has 6 heteroatoms. The summed E-state index contributed by atoms with van der Waals surface area (Å²) in [6.07, 6.45) is 3.73. The molecule has 5 nitrogen and oxygen atoms in total. The van der Waals surface area contributed by atoms with Gasteiger partial charge in [-0.25, -0.2) is 13.4 Å². The summed E-state index contributed by atoms with van der Waals surface area (Å²) < 4.78 is 24.3. The molecule has 0 aromatic carbocycles. The van der Waals surface area contributed by atoms with Crippen LogP contribution in [0.4, 0.5) is 0 Å². The molecule has 0 N–H and O–H groups in total. The van der Waals surface area contributed by atoms with Gasteiger partial charge in [0.05, 0.1) is 11.5 Å². The van der Waals surface area contributed by atoms with Gasteiger partial charge in [-0.3, -0.25) is 4.79 Å². The van der Waals surface area contributed by atoms with Crippen LogP contribution in [-0.2, 0) is 16.4 Å². The number of nitrogens with zero attached hydrogens (tertiary/aromatic N) is 2. The Kier molecular flexibility index (Phi) is 2.84. The van der Waals surface area contributed by atoms with Crippen molar-refractivity contribution in [3.05, 3.63) is 18.2 Å². The first kappa shape index (κ1) is 11.3. The summed E-state index contributed by atoms with van der Waals surface area (Å²) in [4.78, 5) is 16.0. The average molecular weight is 242 g/mol. The quantitative estimate of drug-likeness (QED) is 0.725. The highest BCUT2D eigenvalue weighted by Gasteiger charge is 2.34. The molecule has 1 saturated heterocycles. The Balaban J connectivity index is 2.21. The van der Waals surface area contributed by atoms with Crippen molar-refractivity contribution in [1.29, 1.82) is 0 Å². The first-order chi connectivity index (χ1) is 7.53. The van der Waals surface area contributed by atoms with Gasteiger partial charge in [0.2, 0.25) is 5.78 Å². The zero-order chi connectivity index (χ0) is 11.8. The Morgan fingerprint density at radius 2 is 2.38 bits per heavy atom. The maximum Gasteiger partial charge on any atom is 0.202 e. The smallest absolute Gasteiger partial charge is 0.202 e. The molecule has 0 amide bonds. The molecule has 0 radical (unpaired) electrons. The number of carbonyl (C=O) groups excluding carboxylic acids is 1. The van der Waals surface area contributed by atoms with Crippen molar-refractivity contribution in [2.75, 3.05) is 11.5 Å². The van der Waals surface area contributed by atoms with Crippen molar-refractivity contribution in [3.63, 3.8) is 0 Å². The van der Waals surface area contributed by atoms with Gasteiger partial charge in [-0.05, 0) is 13.3 Å². The van der Waals surface area contributed by atoms with Crippen molar-refractivity contribution in [1.82, 2.24) is 9.55 Å². The van der Waals surface area contributed by atoms with Crippen LogP contribution in [0.2, 0.25) is 0 Å². The lowest BCUT2D eigenvalue weighted by Crippen LogP contribution is -2.20. The standard InChI is InChI=1S/C10H14N2O3S/c1-2-12-5-4-11-10(12)9(13)8-3-6-16(14,15)7-8/h4-5,8H,2-3,6-7H2,1H3. The van der Waals surface area contributed by atoms with E-state index in [-0.39, 0.29) is 17.3 Å². The number of carbonyl (C=O) groups is 1. The van der Waals surface area contributed by atoms with Crippen LogP contribution < -0.4 is 0 Å². The van der Waals surface area contributed by atoms with Crippen LogP contribution in [-0.4, -0.2) is 35.3 Å². The molecule has 0 saturated carbocycles. The number of hydrogen-bond acceptors (Lipinski definition) is 4. The van der Waals surface area contributed by atoms with Crippen molar-refractivity contribution >= 4 is 15.6 Å². The Bertz CT molecular complexity index is 504. The lowest BCUT2D eigenvalue weighted by Gasteiger charge is -2.07. The molecule has 2 heterocycles. The monoisotopic (exact) mass is 242 g/mol. The number of ketones is 1. The van der Waals surface area contributed by atoms with Gasteiger partial charge >= 0.3 is 0 Å². The largest absolute Gasteiger partial charge is 0.329 e. The Labute approximate surface area is 94.4 Å². The molecule has 1 aromatic rings. The Hall–Kier alpha value is -1.17. The maximum absolute atomic E-state index is 12.0. The SMILES string of the molecule is CCn1ccnc1C(=O)C1CCS(=O)(=O)C1. The molecule has 1 atom stereocenters. The van der Waals surface area contributed by atoms with E-state index < -0.39 is 15.8 Å². The first-order valence-corrected chi connectivity index (χ1v) is 7.11. The molecule has 88 valence electrons. The molecule has 2 rings (SSSR count). The number of rotatable bonds is 3. The zero-order valence-corrected chi connectivity index (χ0v) is 9.90. The lowest BCUT2D eigenvalue weighted by molar-refractivity contribution is 0.0918. The van der Waals surface area contributed by atoms with Gasteiger partial charge < -0.3 is 4.57 Å². The second-order valence-corrected chi connectivity index (χ2v) is 6.23. The average Bonchev–Trinajstić information content (AvgIpc) is 2.82. The fraction of sp³-hybridized carbons (Fsp3) is 0.600. The number of aromatic nitrogens is 2. The Morgan fingerprint density at radius 1 is 1.62 bits per heavy atom. The van der Waals surface area contributed by atoms with Crippen LogP contribution in [0.25, 0.3) is 0 Å². The number of hydrogen-bond donors (Lipinski definition) is 0. The molecular formula is C10H14N2O3S. The molecular weight excluding hydrogens is 228 g/mol. The highest BCUT2D eigenvalue weighted by molar-refractivity contribution is 7.91. The van der Waals surface area contributed by atoms with Crippen molar-refractivity contribution in [3.8, 4) is 0 Å². The van der Waals surface area contributed by atoms with Gasteiger partial charge in [0, 0.05) is 24.9 Å². The molecule has 1 aromatic heterocycles. The third-order valence-electron chi connectivity index (χ3n) is 2.88. The summed E-state index contributed by atoms with van der Waals surface area (Å²) in [6, 6.07) is 0. The highest BCUT2D eigenvalue weighted by Crippen LogP contribution is 2.22. The van der Waals surface area contributed by atoms with E-state index in [2.05, 4.69) is 4.98 Å². The highest BCUT2D eigenvalue weighted by atomic mass is 32.2. The fourth-order valence-electron chi connectivity index (χ4n) is 1.97. The molecule has 1 aliphatic heterocycles. The third kappa shape index (κ3) is 2.02. The van der Waals surface area contributed by atoms with Gasteiger partial charge in [-0.1, -0.05) is 0 Å². The molecule has 1 unspecified atom stereocenters. The minimum absolute atomic E-state index is 0.0254. The number of aryl methyl sites for hydroxylation is 1. The van der Waals surface area contributed by atoms with E-state index in [0.717, 1.165) is 0 Å². The van der Waals surface area contributed by atoms with E-state index in [1.54, 1.807) is 17.0 Å². The summed E-state index contributed by atoms with van der Waals surface area (Å²) in [5.74, 6) is -0.0752. The van der Waals surface area contributed by atoms with Crippen molar-refractivity contribution < 1.29 is 13.2 Å². The predicted octanol–water partition coefficient (Wildman–Crippen LogP) is 0.520. The molecule has 0 bridgehead atoms. The van der Waals surface area contributed by atoms with Gasteiger partial charge in [0.25, 0.3) is 0 Å². The van der Waals surface area contributed by atoms with E-state index in [1.165, 1.54) is 0 Å². The van der Waals surface area contributed by atoms with Crippen molar-refractivity contribution in [2.24, 2.45) is 5.92 Å². The summed E-state index contributed by atoms with van der Waals surface area (Å²) in [6.45, 7) is 2.59. The minimum Gasteiger partial charge on any atom is -0.329 e. The molecule has 1 fully saturated rings. The van der Waals surface area contributed by atoms with E-state index in [4.69, 9.17) is 0 Å². The molecule has 16 heavy (non-hydrogen) atoms. The number of imidazole rings is 1. The van der Waals surface area contributed by atoms with Crippen LogP contribution >= 0.6 is 0 Å². The molecule has 0 spiro atoms. The third-order valence-corrected chi connectivity index (χ3v) is 4.65. The second kappa shape index (κ2) is 4.01. The normalized spacial score (nSPS) is 23.4. The summed E-state index contributed by atoms with van der Waals surface area (Å²) in [7, 11) is -3.01. The maximum atomic E-state index is 12.0. The summed E-state index contributed by atoms with van der Waals surface area (Å²) >= 11 is 0. The van der Waals surface area contributed by atoms with Crippen LogP contribution in [0, 0.1) is 5.92 Å². The van der Waals surface area contributed by atoms with E-state index in [1.807, 2.05) is 6.92 Å². The number of Topliss-reactive ketones (excluding diaryl/α,β-unsaturated/α-hetero) is 1. The first-order valence-electron chi connectivity index (χ1n) is 5.29. The fourth-order valence-corrected chi connectivity index (χ4v) is 3.72. The second-order valence-electron chi connectivity index (χ2n) is 4.00. The predicted molar refractivity (Wildman–Crippen MR) is 59.0 cm³/mol. The van der Waals surface area contributed by atoms with Crippen molar-refractivity contribution in [2.45, 2.75) is 19.9 Å². The summed E-state index contributed by atoms with van der Waals surface area (Å²) in [5.41, 5.74) is 0. The molecule has 1 aliphatic rings. The number of sulfone groups is 1. The zero-order valence-electron chi connectivity index (χ0n) is 9.09. The van der Waals surface area contributed by atoms with Crippen LogP contribution in [0.15, 0.2) is 12.4 Å². The van der Waals surface area contributed by atoms with Gasteiger partial charge in [-0.15, -0.1) is 0 Å². The van der Waals surface area contributed by atoms with E-state index in [9.17, 15) is 13.2 Å². The molecule has 0 aliphatic carbocycles.